The molecule has 0 aliphatic rings. The van der Waals surface area contributed by atoms with Crippen molar-refractivity contribution in [1.82, 2.24) is 9.97 Å². The Balaban J connectivity index is 1.63. The van der Waals surface area contributed by atoms with Crippen LogP contribution in [0.15, 0.2) is 127 Å². The van der Waals surface area contributed by atoms with Crippen LogP contribution < -0.4 is 10.0 Å². The molecule has 41 heavy (non-hydrogen) atoms. The molecule has 0 aliphatic carbocycles. The molecule has 0 bridgehead atoms. The third-order valence-electron chi connectivity index (χ3n) is 6.30. The average molecular weight is 558 g/mol. The summed E-state index contributed by atoms with van der Waals surface area (Å²) in [7, 11) is -3.95. The minimum atomic E-state index is -3.95. The van der Waals surface area contributed by atoms with Crippen LogP contribution in [0.25, 0.3) is 22.8 Å². The number of carbonyl (C=O) groups excluding carboxylic acids is 1. The van der Waals surface area contributed by atoms with E-state index in [0.29, 0.717) is 44.8 Å². The summed E-state index contributed by atoms with van der Waals surface area (Å²) in [4.78, 5) is 24.2. The number of benzene rings is 3. The fraction of sp³-hybridized carbons (Fsp3) is 0. The summed E-state index contributed by atoms with van der Waals surface area (Å²) in [5.74, 6) is -0.331. The van der Waals surface area contributed by atoms with Crippen LogP contribution in [0, 0.1) is 11.3 Å². The van der Waals surface area contributed by atoms with E-state index in [1.165, 1.54) is 6.07 Å². The number of nitrogens with zero attached hydrogens (tertiary/aromatic N) is 4. The molecule has 0 saturated carbocycles. The fourth-order valence-electron chi connectivity index (χ4n) is 4.41. The molecular weight excluding hydrogens is 534 g/mol. The van der Waals surface area contributed by atoms with Crippen LogP contribution in [-0.4, -0.2) is 24.3 Å². The van der Waals surface area contributed by atoms with Crippen LogP contribution in [0.3, 0.4) is 0 Å². The molecule has 0 fully saturated rings. The summed E-state index contributed by atoms with van der Waals surface area (Å²) in [6.07, 6.45) is 8.15. The predicted octanol–water partition coefficient (Wildman–Crippen LogP) is 5.57. The van der Waals surface area contributed by atoms with Crippen molar-refractivity contribution < 1.29 is 13.2 Å². The van der Waals surface area contributed by atoms with Gasteiger partial charge in [0, 0.05) is 41.6 Å². The molecule has 0 atom stereocenters. The molecule has 3 aromatic carbocycles. The summed E-state index contributed by atoms with van der Waals surface area (Å²) in [6, 6.07) is 29.5. The smallest absolute Gasteiger partial charge is 0.263 e. The molecule has 1 amide bonds. The number of aromatic nitrogens is 2. The second-order valence-corrected chi connectivity index (χ2v) is 10.5. The van der Waals surface area contributed by atoms with Gasteiger partial charge in [-0.3, -0.25) is 19.7 Å². The Bertz CT molecular complexity index is 1880. The number of amides is 1. The van der Waals surface area contributed by atoms with E-state index < -0.39 is 10.0 Å². The van der Waals surface area contributed by atoms with Gasteiger partial charge >= 0.3 is 0 Å². The van der Waals surface area contributed by atoms with E-state index in [-0.39, 0.29) is 10.8 Å². The molecule has 0 aliphatic heterocycles. The van der Waals surface area contributed by atoms with Gasteiger partial charge in [0.05, 0.1) is 22.2 Å². The standard InChI is InChI=1S/C32H23N5O3S/c33-22-24-5-3-4-23(20-24)21-30(26-12-16-35-17-13-26)32(38)37(28-14-18-36-19-15-28)27-10-8-25(9-11-27)29-6-1-2-7-31(29)41(34,39)40/h1-21H,(H2,34,39,40). The minimum Gasteiger partial charge on any atom is -0.277 e. The van der Waals surface area contributed by atoms with Crippen molar-refractivity contribution in [2.75, 3.05) is 4.90 Å². The van der Waals surface area contributed by atoms with Crippen LogP contribution in [0.4, 0.5) is 11.4 Å². The molecule has 2 N–H and O–H groups in total. The first-order valence-corrected chi connectivity index (χ1v) is 14.0. The summed E-state index contributed by atoms with van der Waals surface area (Å²) in [5, 5.41) is 14.8. The molecule has 8 nitrogen and oxygen atoms in total. The number of carbonyl (C=O) groups is 1. The first-order valence-electron chi connectivity index (χ1n) is 12.4. The van der Waals surface area contributed by atoms with Gasteiger partial charge in [-0.1, -0.05) is 42.5 Å². The van der Waals surface area contributed by atoms with Gasteiger partial charge in [-0.25, -0.2) is 13.6 Å². The highest BCUT2D eigenvalue weighted by molar-refractivity contribution is 7.89. The maximum absolute atomic E-state index is 14.4. The lowest BCUT2D eigenvalue weighted by molar-refractivity contribution is -0.112. The van der Waals surface area contributed by atoms with Gasteiger partial charge in [-0.05, 0) is 77.4 Å². The highest BCUT2D eigenvalue weighted by atomic mass is 32.2. The number of anilines is 2. The lowest BCUT2D eigenvalue weighted by Crippen LogP contribution is -2.27. The number of pyridine rings is 2. The lowest BCUT2D eigenvalue weighted by Gasteiger charge is -2.25. The monoisotopic (exact) mass is 557 g/mol. The van der Waals surface area contributed by atoms with Crippen LogP contribution in [0.2, 0.25) is 0 Å². The number of primary sulfonamides is 1. The highest BCUT2D eigenvalue weighted by Gasteiger charge is 2.24. The van der Waals surface area contributed by atoms with E-state index >= 15 is 0 Å². The van der Waals surface area contributed by atoms with Gasteiger partial charge in [0.25, 0.3) is 5.91 Å². The molecule has 5 aromatic rings. The molecular formula is C32H23N5O3S. The zero-order chi connectivity index (χ0) is 28.8. The average Bonchev–Trinajstić information content (AvgIpc) is 3.01. The molecule has 0 unspecified atom stereocenters. The third-order valence-corrected chi connectivity index (χ3v) is 7.27. The maximum atomic E-state index is 14.4. The van der Waals surface area contributed by atoms with Gasteiger partial charge in [-0.2, -0.15) is 5.26 Å². The maximum Gasteiger partial charge on any atom is 0.263 e. The number of rotatable bonds is 7. The van der Waals surface area contributed by atoms with Crippen molar-refractivity contribution in [3.05, 3.63) is 139 Å². The summed E-state index contributed by atoms with van der Waals surface area (Å²) < 4.78 is 24.3. The van der Waals surface area contributed by atoms with Gasteiger partial charge in [-0.15, -0.1) is 0 Å². The van der Waals surface area contributed by atoms with Gasteiger partial charge in [0.15, 0.2) is 0 Å². The van der Waals surface area contributed by atoms with Crippen LogP contribution >= 0.6 is 0 Å². The van der Waals surface area contributed by atoms with E-state index in [2.05, 4.69) is 16.0 Å². The summed E-state index contributed by atoms with van der Waals surface area (Å²) in [6.45, 7) is 0. The normalized spacial score (nSPS) is 11.5. The van der Waals surface area contributed by atoms with E-state index in [1.807, 2.05) is 6.07 Å². The summed E-state index contributed by atoms with van der Waals surface area (Å²) >= 11 is 0. The van der Waals surface area contributed by atoms with Crippen molar-refractivity contribution in [3.8, 4) is 17.2 Å². The van der Waals surface area contributed by atoms with Crippen molar-refractivity contribution in [3.63, 3.8) is 0 Å². The molecule has 0 saturated heterocycles. The second kappa shape index (κ2) is 11.8. The van der Waals surface area contributed by atoms with Gasteiger partial charge in [0.2, 0.25) is 10.0 Å². The fourth-order valence-corrected chi connectivity index (χ4v) is 5.17. The molecule has 0 radical (unpaired) electrons. The highest BCUT2D eigenvalue weighted by Crippen LogP contribution is 2.33. The lowest BCUT2D eigenvalue weighted by atomic mass is 10.0. The predicted molar refractivity (Wildman–Crippen MR) is 158 cm³/mol. The minimum absolute atomic E-state index is 0.0114. The van der Waals surface area contributed by atoms with Crippen LogP contribution in [0.1, 0.15) is 16.7 Å². The van der Waals surface area contributed by atoms with Crippen LogP contribution in [0.5, 0.6) is 0 Å². The van der Waals surface area contributed by atoms with Crippen molar-refractivity contribution >= 4 is 39.0 Å². The molecule has 5 rings (SSSR count). The Morgan fingerprint density at radius 1 is 0.805 bits per heavy atom. The van der Waals surface area contributed by atoms with Crippen LogP contribution in [-0.2, 0) is 14.8 Å². The quantitative estimate of drug-likeness (QED) is 0.261. The number of sulfonamides is 1. The number of hydrogen-bond donors (Lipinski definition) is 1. The van der Waals surface area contributed by atoms with E-state index in [0.717, 1.165) is 0 Å². The largest absolute Gasteiger partial charge is 0.277 e. The van der Waals surface area contributed by atoms with Crippen molar-refractivity contribution in [2.45, 2.75) is 4.90 Å². The Morgan fingerprint density at radius 2 is 1.44 bits per heavy atom. The van der Waals surface area contributed by atoms with Gasteiger partial charge < -0.3 is 0 Å². The Labute approximate surface area is 237 Å². The first-order chi connectivity index (χ1) is 19.8. The Hall–Kier alpha value is -5.43. The molecule has 200 valence electrons. The van der Waals surface area contributed by atoms with Gasteiger partial charge in [0.1, 0.15) is 0 Å². The second-order valence-electron chi connectivity index (χ2n) is 8.97. The first kappa shape index (κ1) is 27.1. The third kappa shape index (κ3) is 6.09. The number of nitrogens with two attached hydrogens (primary N) is 1. The molecule has 0 spiro atoms. The van der Waals surface area contributed by atoms with E-state index in [9.17, 15) is 18.5 Å². The van der Waals surface area contributed by atoms with Crippen molar-refractivity contribution in [2.24, 2.45) is 5.14 Å². The summed E-state index contributed by atoms with van der Waals surface area (Å²) in [5.41, 5.74) is 4.39. The SMILES string of the molecule is N#Cc1cccc(C=C(C(=O)N(c2ccncc2)c2ccc(-c3ccccc3S(N)(=O)=O)cc2)c2ccncc2)c1. The van der Waals surface area contributed by atoms with E-state index in [1.54, 1.807) is 121 Å². The van der Waals surface area contributed by atoms with E-state index in [4.69, 9.17) is 5.14 Å². The zero-order valence-corrected chi connectivity index (χ0v) is 22.4. The zero-order valence-electron chi connectivity index (χ0n) is 21.6. The number of nitriles is 1. The Kier molecular flexibility index (Phi) is 7.78. The Morgan fingerprint density at radius 3 is 2.10 bits per heavy atom. The molecule has 2 heterocycles. The molecule has 2 aromatic heterocycles. The van der Waals surface area contributed by atoms with Crippen molar-refractivity contribution in [1.29, 1.82) is 5.26 Å². The number of hydrogen-bond acceptors (Lipinski definition) is 6. The molecule has 9 heteroatoms. The topological polar surface area (TPSA) is 130 Å².